The molecule has 0 bridgehead atoms. The maximum Gasteiger partial charge on any atom is 0.418 e. The van der Waals surface area contributed by atoms with E-state index in [1.165, 1.54) is 31.4 Å². The Kier molecular flexibility index (Phi) is 4.51. The third-order valence-corrected chi connectivity index (χ3v) is 3.18. The van der Waals surface area contributed by atoms with Gasteiger partial charge in [-0.1, -0.05) is 36.4 Å². The SMILES string of the molecule is COC(=O)c1ccc(-c2ccc([C@@H](O)C(F)(F)F)cc2)cc1. The highest BCUT2D eigenvalue weighted by molar-refractivity contribution is 5.89. The molecule has 3 nitrogen and oxygen atoms in total. The van der Waals surface area contributed by atoms with Crippen molar-refractivity contribution in [3.63, 3.8) is 0 Å². The highest BCUT2D eigenvalue weighted by Crippen LogP contribution is 2.33. The molecule has 6 heteroatoms. The van der Waals surface area contributed by atoms with E-state index >= 15 is 0 Å². The number of aliphatic hydroxyl groups is 1. The van der Waals surface area contributed by atoms with Crippen LogP contribution in [0.4, 0.5) is 13.2 Å². The van der Waals surface area contributed by atoms with E-state index in [1.807, 2.05) is 0 Å². The second kappa shape index (κ2) is 6.19. The van der Waals surface area contributed by atoms with Gasteiger partial charge in [0.05, 0.1) is 12.7 Å². The quantitative estimate of drug-likeness (QED) is 0.879. The minimum atomic E-state index is -4.69. The molecule has 2 aromatic carbocycles. The van der Waals surface area contributed by atoms with Gasteiger partial charge >= 0.3 is 12.1 Å². The van der Waals surface area contributed by atoms with Gasteiger partial charge in [0.1, 0.15) is 0 Å². The van der Waals surface area contributed by atoms with E-state index in [0.29, 0.717) is 11.1 Å². The third kappa shape index (κ3) is 3.46. The zero-order valence-electron chi connectivity index (χ0n) is 11.6. The molecular weight excluding hydrogens is 297 g/mol. The van der Waals surface area contributed by atoms with Crippen molar-refractivity contribution in [1.82, 2.24) is 0 Å². The number of ether oxygens (including phenoxy) is 1. The molecule has 0 fully saturated rings. The molecule has 0 unspecified atom stereocenters. The average Bonchev–Trinajstić information content (AvgIpc) is 2.53. The zero-order valence-corrected chi connectivity index (χ0v) is 11.6. The number of esters is 1. The molecule has 0 aliphatic rings. The van der Waals surface area contributed by atoms with Crippen LogP contribution in [0.1, 0.15) is 22.0 Å². The molecule has 0 saturated carbocycles. The molecule has 0 saturated heterocycles. The Morgan fingerprint density at radius 3 is 1.86 bits per heavy atom. The number of benzene rings is 2. The first-order valence-corrected chi connectivity index (χ1v) is 6.36. The molecule has 2 rings (SSSR count). The van der Waals surface area contributed by atoms with E-state index in [9.17, 15) is 18.0 Å². The summed E-state index contributed by atoms with van der Waals surface area (Å²) >= 11 is 0. The number of carbonyl (C=O) groups excluding carboxylic acids is 1. The lowest BCUT2D eigenvalue weighted by Crippen LogP contribution is -2.19. The summed E-state index contributed by atoms with van der Waals surface area (Å²) in [5.41, 5.74) is 1.58. The molecular formula is C16H13F3O3. The van der Waals surface area contributed by atoms with Gasteiger partial charge in [-0.05, 0) is 28.8 Å². The molecule has 2 aromatic rings. The topological polar surface area (TPSA) is 46.5 Å². The molecule has 1 N–H and O–H groups in total. The smallest absolute Gasteiger partial charge is 0.418 e. The Morgan fingerprint density at radius 2 is 1.45 bits per heavy atom. The standard InChI is InChI=1S/C16H13F3O3/c1-22-15(21)13-8-4-11(5-9-13)10-2-6-12(7-3-10)14(20)16(17,18)19/h2-9,14,20H,1H3/t14-/m1/s1. The molecule has 0 aromatic heterocycles. The predicted molar refractivity (Wildman–Crippen MR) is 74.2 cm³/mol. The number of alkyl halides is 3. The molecule has 0 amide bonds. The van der Waals surface area contributed by atoms with E-state index < -0.39 is 18.2 Å². The maximum absolute atomic E-state index is 12.4. The van der Waals surface area contributed by atoms with Crippen molar-refractivity contribution in [2.24, 2.45) is 0 Å². The van der Waals surface area contributed by atoms with Crippen molar-refractivity contribution in [2.45, 2.75) is 12.3 Å². The van der Waals surface area contributed by atoms with E-state index in [1.54, 1.807) is 24.3 Å². The molecule has 0 spiro atoms. The first-order chi connectivity index (χ1) is 10.3. The van der Waals surface area contributed by atoms with Gasteiger partial charge in [0, 0.05) is 0 Å². The summed E-state index contributed by atoms with van der Waals surface area (Å²) in [5.74, 6) is -0.463. The molecule has 22 heavy (non-hydrogen) atoms. The van der Waals surface area contributed by atoms with Gasteiger partial charge in [0.25, 0.3) is 0 Å². The summed E-state index contributed by atoms with van der Waals surface area (Å²) in [5, 5.41) is 9.17. The Morgan fingerprint density at radius 1 is 1.00 bits per heavy atom. The van der Waals surface area contributed by atoms with Crippen LogP contribution in [-0.4, -0.2) is 24.4 Å². The summed E-state index contributed by atoms with van der Waals surface area (Å²) in [7, 11) is 1.28. The van der Waals surface area contributed by atoms with Crippen LogP contribution in [0.3, 0.4) is 0 Å². The first-order valence-electron chi connectivity index (χ1n) is 6.36. The van der Waals surface area contributed by atoms with Crippen molar-refractivity contribution in [3.8, 4) is 11.1 Å². The van der Waals surface area contributed by atoms with Gasteiger partial charge in [-0.15, -0.1) is 0 Å². The van der Waals surface area contributed by atoms with Gasteiger partial charge in [-0.2, -0.15) is 13.2 Å². The second-order valence-corrected chi connectivity index (χ2v) is 4.64. The van der Waals surface area contributed by atoms with Crippen molar-refractivity contribution >= 4 is 5.97 Å². The van der Waals surface area contributed by atoms with E-state index in [0.717, 1.165) is 5.56 Å². The Hall–Kier alpha value is -2.34. The summed E-state index contributed by atoms with van der Waals surface area (Å²) in [6.07, 6.45) is -7.19. The Bertz CT molecular complexity index is 646. The summed E-state index contributed by atoms with van der Waals surface area (Å²) in [6, 6.07) is 11.9. The van der Waals surface area contributed by atoms with Crippen LogP contribution in [0, 0.1) is 0 Å². The summed E-state index contributed by atoms with van der Waals surface area (Å²) in [6.45, 7) is 0. The number of carbonyl (C=O) groups is 1. The van der Waals surface area contributed by atoms with E-state index in [2.05, 4.69) is 4.74 Å². The molecule has 116 valence electrons. The van der Waals surface area contributed by atoms with Crippen LogP contribution in [0.15, 0.2) is 48.5 Å². The molecule has 0 heterocycles. The largest absolute Gasteiger partial charge is 0.465 e. The van der Waals surface area contributed by atoms with Gasteiger partial charge in [0.2, 0.25) is 0 Å². The third-order valence-electron chi connectivity index (χ3n) is 3.18. The van der Waals surface area contributed by atoms with Gasteiger partial charge in [-0.25, -0.2) is 4.79 Å². The van der Waals surface area contributed by atoms with Crippen molar-refractivity contribution in [1.29, 1.82) is 0 Å². The number of methoxy groups -OCH3 is 1. The maximum atomic E-state index is 12.4. The van der Waals surface area contributed by atoms with Crippen LogP contribution >= 0.6 is 0 Å². The molecule has 0 radical (unpaired) electrons. The fourth-order valence-corrected chi connectivity index (χ4v) is 1.96. The number of hydrogen-bond donors (Lipinski definition) is 1. The summed E-state index contributed by atoms with van der Waals surface area (Å²) in [4.78, 5) is 11.3. The van der Waals surface area contributed by atoms with Gasteiger partial charge in [0.15, 0.2) is 6.10 Å². The summed E-state index contributed by atoms with van der Waals surface area (Å²) < 4.78 is 41.8. The van der Waals surface area contributed by atoms with Gasteiger partial charge in [-0.3, -0.25) is 0 Å². The minimum Gasteiger partial charge on any atom is -0.465 e. The lowest BCUT2D eigenvalue weighted by atomic mass is 10.0. The van der Waals surface area contributed by atoms with Crippen LogP contribution in [0.2, 0.25) is 0 Å². The minimum absolute atomic E-state index is 0.220. The first kappa shape index (κ1) is 16.0. The average molecular weight is 310 g/mol. The molecule has 0 aliphatic heterocycles. The van der Waals surface area contributed by atoms with Crippen molar-refractivity contribution in [3.05, 3.63) is 59.7 Å². The van der Waals surface area contributed by atoms with Crippen LogP contribution < -0.4 is 0 Å². The zero-order chi connectivity index (χ0) is 16.3. The van der Waals surface area contributed by atoms with Crippen LogP contribution in [0.5, 0.6) is 0 Å². The Labute approximate surface area is 125 Å². The number of hydrogen-bond acceptors (Lipinski definition) is 3. The fraction of sp³-hybridized carbons (Fsp3) is 0.188. The molecule has 1 atom stereocenters. The number of halogens is 3. The lowest BCUT2D eigenvalue weighted by molar-refractivity contribution is -0.206. The lowest BCUT2D eigenvalue weighted by Gasteiger charge is -2.15. The monoisotopic (exact) mass is 310 g/mol. The number of aliphatic hydroxyl groups excluding tert-OH is 1. The predicted octanol–water partition coefficient (Wildman–Crippen LogP) is 3.74. The highest BCUT2D eigenvalue weighted by Gasteiger charge is 2.39. The molecule has 0 aliphatic carbocycles. The number of rotatable bonds is 3. The van der Waals surface area contributed by atoms with E-state index in [4.69, 9.17) is 5.11 Å². The van der Waals surface area contributed by atoms with Crippen molar-refractivity contribution < 1.29 is 27.8 Å². The van der Waals surface area contributed by atoms with Crippen LogP contribution in [-0.2, 0) is 4.74 Å². The van der Waals surface area contributed by atoms with Gasteiger partial charge < -0.3 is 9.84 Å². The normalized spacial score (nSPS) is 12.8. The highest BCUT2D eigenvalue weighted by atomic mass is 19.4. The fourth-order valence-electron chi connectivity index (χ4n) is 1.96. The second-order valence-electron chi connectivity index (χ2n) is 4.64. The van der Waals surface area contributed by atoms with E-state index in [-0.39, 0.29) is 5.56 Å². The van der Waals surface area contributed by atoms with Crippen LogP contribution in [0.25, 0.3) is 11.1 Å². The van der Waals surface area contributed by atoms with Crippen molar-refractivity contribution in [2.75, 3.05) is 7.11 Å². The Balaban J connectivity index is 2.22.